The molecule has 0 saturated carbocycles. The van der Waals surface area contributed by atoms with Gasteiger partial charge < -0.3 is 10.2 Å². The first-order chi connectivity index (χ1) is 8.72. The minimum absolute atomic E-state index is 0.119. The van der Waals surface area contributed by atoms with Crippen LogP contribution in [0.15, 0.2) is 24.4 Å². The van der Waals surface area contributed by atoms with Crippen molar-refractivity contribution in [3.8, 4) is 0 Å². The Hall–Kier alpha value is -1.42. The third kappa shape index (κ3) is 2.88. The van der Waals surface area contributed by atoms with Gasteiger partial charge in [0.05, 0.1) is 18.2 Å². The molecule has 0 radical (unpaired) electrons. The van der Waals surface area contributed by atoms with Crippen LogP contribution in [-0.4, -0.2) is 35.4 Å². The van der Waals surface area contributed by atoms with Crippen LogP contribution in [-0.2, 0) is 11.3 Å². The molecule has 1 saturated heterocycles. The molecule has 1 fully saturated rings. The standard InChI is InChI=1S/C14H21N3O/c1-3-17(10-12-6-4-5-7-16-12)14(18)13-9-15-8-11(13)2/h4-7,11,13,15H,3,8-10H2,1-2H3/t11-,13-/m1/s1. The lowest BCUT2D eigenvalue weighted by Gasteiger charge is -2.25. The molecule has 1 aromatic rings. The Morgan fingerprint density at radius 2 is 2.33 bits per heavy atom. The maximum atomic E-state index is 12.4. The Morgan fingerprint density at radius 1 is 1.50 bits per heavy atom. The first-order valence-electron chi connectivity index (χ1n) is 6.61. The minimum atomic E-state index is 0.119. The maximum Gasteiger partial charge on any atom is 0.227 e. The van der Waals surface area contributed by atoms with Crippen LogP contribution in [0, 0.1) is 11.8 Å². The molecular formula is C14H21N3O. The molecule has 0 spiro atoms. The maximum absolute atomic E-state index is 12.4. The van der Waals surface area contributed by atoms with Gasteiger partial charge in [-0.15, -0.1) is 0 Å². The SMILES string of the molecule is CCN(Cc1ccccn1)C(=O)[C@@H]1CNC[C@H]1C. The molecule has 0 unspecified atom stereocenters. The number of pyridine rings is 1. The largest absolute Gasteiger partial charge is 0.337 e. The summed E-state index contributed by atoms with van der Waals surface area (Å²) in [5, 5.41) is 3.28. The number of carbonyl (C=O) groups is 1. The number of rotatable bonds is 4. The number of carbonyl (C=O) groups excluding carboxylic acids is 1. The van der Waals surface area contributed by atoms with Gasteiger partial charge in [0.15, 0.2) is 0 Å². The van der Waals surface area contributed by atoms with Gasteiger partial charge in [-0.3, -0.25) is 9.78 Å². The minimum Gasteiger partial charge on any atom is -0.337 e. The monoisotopic (exact) mass is 247 g/mol. The van der Waals surface area contributed by atoms with Gasteiger partial charge in [-0.25, -0.2) is 0 Å². The second-order valence-electron chi connectivity index (χ2n) is 4.92. The highest BCUT2D eigenvalue weighted by atomic mass is 16.2. The first kappa shape index (κ1) is 13.0. The van der Waals surface area contributed by atoms with Crippen LogP contribution in [0.2, 0.25) is 0 Å². The molecule has 1 N–H and O–H groups in total. The van der Waals surface area contributed by atoms with Crippen molar-refractivity contribution < 1.29 is 4.79 Å². The Kier molecular flexibility index (Phi) is 4.31. The van der Waals surface area contributed by atoms with Crippen molar-refractivity contribution in [1.29, 1.82) is 0 Å². The summed E-state index contributed by atoms with van der Waals surface area (Å²) in [6.45, 7) is 7.25. The smallest absolute Gasteiger partial charge is 0.227 e. The number of hydrogen-bond donors (Lipinski definition) is 1. The van der Waals surface area contributed by atoms with E-state index in [-0.39, 0.29) is 11.8 Å². The van der Waals surface area contributed by atoms with E-state index in [0.717, 1.165) is 25.3 Å². The fourth-order valence-electron chi connectivity index (χ4n) is 2.41. The van der Waals surface area contributed by atoms with E-state index in [1.165, 1.54) is 0 Å². The Bertz CT molecular complexity index is 393. The summed E-state index contributed by atoms with van der Waals surface area (Å²) in [6, 6.07) is 5.82. The third-order valence-electron chi connectivity index (χ3n) is 3.61. The molecule has 1 amide bonds. The van der Waals surface area contributed by atoms with Gasteiger partial charge in [-0.2, -0.15) is 0 Å². The second-order valence-corrected chi connectivity index (χ2v) is 4.92. The molecule has 1 aromatic heterocycles. The molecule has 4 nitrogen and oxygen atoms in total. The topological polar surface area (TPSA) is 45.2 Å². The van der Waals surface area contributed by atoms with E-state index in [0.29, 0.717) is 12.5 Å². The summed E-state index contributed by atoms with van der Waals surface area (Å²) >= 11 is 0. The molecule has 2 atom stereocenters. The normalized spacial score (nSPS) is 23.0. The first-order valence-corrected chi connectivity index (χ1v) is 6.61. The van der Waals surface area contributed by atoms with Crippen LogP contribution in [0.5, 0.6) is 0 Å². The van der Waals surface area contributed by atoms with Crippen molar-refractivity contribution in [3.63, 3.8) is 0 Å². The van der Waals surface area contributed by atoms with E-state index in [9.17, 15) is 4.79 Å². The van der Waals surface area contributed by atoms with Crippen molar-refractivity contribution in [2.45, 2.75) is 20.4 Å². The van der Waals surface area contributed by atoms with Crippen LogP contribution in [0.25, 0.3) is 0 Å². The van der Waals surface area contributed by atoms with E-state index in [4.69, 9.17) is 0 Å². The lowest BCUT2D eigenvalue weighted by molar-refractivity contribution is -0.136. The van der Waals surface area contributed by atoms with Crippen molar-refractivity contribution in [2.75, 3.05) is 19.6 Å². The quantitative estimate of drug-likeness (QED) is 0.872. The average Bonchev–Trinajstić information content (AvgIpc) is 2.82. The van der Waals surface area contributed by atoms with Crippen LogP contribution in [0.3, 0.4) is 0 Å². The second kappa shape index (κ2) is 5.96. The van der Waals surface area contributed by atoms with Gasteiger partial charge in [0.1, 0.15) is 0 Å². The summed E-state index contributed by atoms with van der Waals surface area (Å²) in [7, 11) is 0. The van der Waals surface area contributed by atoms with Crippen LogP contribution >= 0.6 is 0 Å². The summed E-state index contributed by atoms with van der Waals surface area (Å²) in [5.74, 6) is 0.796. The van der Waals surface area contributed by atoms with Crippen molar-refractivity contribution >= 4 is 5.91 Å². The lowest BCUT2D eigenvalue weighted by atomic mass is 9.96. The number of amides is 1. The number of nitrogens with zero attached hydrogens (tertiary/aromatic N) is 2. The molecule has 2 rings (SSSR count). The van der Waals surface area contributed by atoms with Gasteiger partial charge in [0, 0.05) is 19.3 Å². The molecule has 0 bridgehead atoms. The number of aromatic nitrogens is 1. The average molecular weight is 247 g/mol. The van der Waals surface area contributed by atoms with Gasteiger partial charge in [0.25, 0.3) is 0 Å². The highest BCUT2D eigenvalue weighted by molar-refractivity contribution is 5.79. The van der Waals surface area contributed by atoms with Crippen molar-refractivity contribution in [1.82, 2.24) is 15.2 Å². The molecule has 98 valence electrons. The molecule has 0 aromatic carbocycles. The molecule has 2 heterocycles. The highest BCUT2D eigenvalue weighted by Crippen LogP contribution is 2.19. The van der Waals surface area contributed by atoms with Gasteiger partial charge in [-0.1, -0.05) is 13.0 Å². The van der Waals surface area contributed by atoms with Crippen molar-refractivity contribution in [2.24, 2.45) is 11.8 Å². The molecule has 1 aliphatic heterocycles. The zero-order valence-corrected chi connectivity index (χ0v) is 11.1. The van der Waals surface area contributed by atoms with E-state index in [1.54, 1.807) is 6.20 Å². The molecule has 18 heavy (non-hydrogen) atoms. The van der Waals surface area contributed by atoms with Crippen molar-refractivity contribution in [3.05, 3.63) is 30.1 Å². The Balaban J connectivity index is 2.02. The fourth-order valence-corrected chi connectivity index (χ4v) is 2.41. The van der Waals surface area contributed by atoms with Crippen LogP contribution in [0.1, 0.15) is 19.5 Å². The predicted molar refractivity (Wildman–Crippen MR) is 70.9 cm³/mol. The highest BCUT2D eigenvalue weighted by Gasteiger charge is 2.32. The van der Waals surface area contributed by atoms with E-state index in [2.05, 4.69) is 17.2 Å². The number of nitrogens with one attached hydrogen (secondary N) is 1. The predicted octanol–water partition coefficient (Wildman–Crippen LogP) is 1.29. The Morgan fingerprint density at radius 3 is 2.89 bits per heavy atom. The van der Waals surface area contributed by atoms with E-state index >= 15 is 0 Å². The van der Waals surface area contributed by atoms with Crippen LogP contribution < -0.4 is 5.32 Å². The van der Waals surface area contributed by atoms with Gasteiger partial charge in [-0.05, 0) is 31.5 Å². The van der Waals surface area contributed by atoms with Gasteiger partial charge >= 0.3 is 0 Å². The molecule has 1 aliphatic rings. The fraction of sp³-hybridized carbons (Fsp3) is 0.571. The van der Waals surface area contributed by atoms with Crippen LogP contribution in [0.4, 0.5) is 0 Å². The molecular weight excluding hydrogens is 226 g/mol. The summed E-state index contributed by atoms with van der Waals surface area (Å²) < 4.78 is 0. The third-order valence-corrected chi connectivity index (χ3v) is 3.61. The Labute approximate surface area is 108 Å². The zero-order valence-electron chi connectivity index (χ0n) is 11.1. The lowest BCUT2D eigenvalue weighted by Crippen LogP contribution is -2.38. The summed E-state index contributed by atoms with van der Waals surface area (Å²) in [4.78, 5) is 18.6. The molecule has 4 heteroatoms. The molecule has 0 aliphatic carbocycles. The summed E-state index contributed by atoms with van der Waals surface area (Å²) in [6.07, 6.45) is 1.77. The summed E-state index contributed by atoms with van der Waals surface area (Å²) in [5.41, 5.74) is 0.950. The van der Waals surface area contributed by atoms with E-state index in [1.807, 2.05) is 30.0 Å². The van der Waals surface area contributed by atoms with E-state index < -0.39 is 0 Å². The van der Waals surface area contributed by atoms with Gasteiger partial charge in [0.2, 0.25) is 5.91 Å². The zero-order chi connectivity index (χ0) is 13.0. The number of hydrogen-bond acceptors (Lipinski definition) is 3.